The highest BCUT2D eigenvalue weighted by atomic mass is 19.4. The van der Waals surface area contributed by atoms with E-state index in [2.05, 4.69) is 10.1 Å². The molecule has 0 radical (unpaired) electrons. The van der Waals surface area contributed by atoms with Gasteiger partial charge in [0.15, 0.2) is 0 Å². The van der Waals surface area contributed by atoms with Crippen LogP contribution in [-0.4, -0.2) is 39.8 Å². The van der Waals surface area contributed by atoms with Gasteiger partial charge in [-0.2, -0.15) is 0 Å². The van der Waals surface area contributed by atoms with Crippen LogP contribution in [0.25, 0.3) is 0 Å². The number of methoxy groups -OCH3 is 1. The number of rotatable bonds is 9. The Morgan fingerprint density at radius 2 is 1.65 bits per heavy atom. The Bertz CT molecular complexity index is 368. The Morgan fingerprint density at radius 1 is 1.00 bits per heavy atom. The minimum Gasteiger partial charge on any atom is -0.494 e. The summed E-state index contributed by atoms with van der Waals surface area (Å²) >= 11 is 0. The monoisotopic (exact) mass is 293 g/mol. The van der Waals surface area contributed by atoms with Gasteiger partial charge in [-0.1, -0.05) is 0 Å². The molecule has 0 saturated heterocycles. The van der Waals surface area contributed by atoms with Crippen LogP contribution in [0, 0.1) is 0 Å². The first-order valence-corrected chi connectivity index (χ1v) is 6.19. The molecule has 0 bridgehead atoms. The van der Waals surface area contributed by atoms with E-state index in [-0.39, 0.29) is 5.75 Å². The van der Waals surface area contributed by atoms with Crippen LogP contribution in [0.5, 0.6) is 11.5 Å². The predicted molar refractivity (Wildman–Crippen MR) is 68.0 cm³/mol. The molecule has 1 aromatic rings. The van der Waals surface area contributed by atoms with E-state index in [9.17, 15) is 13.2 Å². The molecule has 1 aromatic carbocycles. The van der Waals surface area contributed by atoms with Gasteiger partial charge in [-0.25, -0.2) is 0 Å². The van der Waals surface area contributed by atoms with Crippen LogP contribution in [0.1, 0.15) is 6.42 Å². The van der Waals surface area contributed by atoms with Gasteiger partial charge < -0.3 is 19.5 Å². The van der Waals surface area contributed by atoms with Crippen LogP contribution in [0.15, 0.2) is 24.3 Å². The zero-order valence-electron chi connectivity index (χ0n) is 11.2. The minimum atomic E-state index is -4.67. The molecule has 20 heavy (non-hydrogen) atoms. The molecule has 0 fully saturated rings. The van der Waals surface area contributed by atoms with Gasteiger partial charge in [-0.15, -0.1) is 13.2 Å². The lowest BCUT2D eigenvalue weighted by Gasteiger charge is -2.10. The van der Waals surface area contributed by atoms with Crippen molar-refractivity contribution in [3.05, 3.63) is 24.3 Å². The molecular weight excluding hydrogens is 275 g/mol. The average Bonchev–Trinajstić information content (AvgIpc) is 2.38. The molecule has 0 unspecified atom stereocenters. The molecule has 0 saturated carbocycles. The van der Waals surface area contributed by atoms with Gasteiger partial charge in [0.05, 0.1) is 13.2 Å². The van der Waals surface area contributed by atoms with Gasteiger partial charge in [0.25, 0.3) is 0 Å². The SMILES string of the molecule is COCCNCCCOc1ccc(OC(F)(F)F)cc1. The number of ether oxygens (including phenoxy) is 3. The van der Waals surface area contributed by atoms with E-state index in [1.807, 2.05) is 0 Å². The van der Waals surface area contributed by atoms with Crippen LogP contribution in [0.3, 0.4) is 0 Å². The van der Waals surface area contributed by atoms with Gasteiger partial charge in [0.2, 0.25) is 0 Å². The molecule has 0 aliphatic heterocycles. The van der Waals surface area contributed by atoms with Crippen molar-refractivity contribution in [3.63, 3.8) is 0 Å². The molecule has 1 N–H and O–H groups in total. The first kappa shape index (κ1) is 16.6. The molecule has 4 nitrogen and oxygen atoms in total. The van der Waals surface area contributed by atoms with Crippen molar-refractivity contribution < 1.29 is 27.4 Å². The van der Waals surface area contributed by atoms with Crippen LogP contribution < -0.4 is 14.8 Å². The summed E-state index contributed by atoms with van der Waals surface area (Å²) in [6.07, 6.45) is -3.87. The molecular formula is C13H18F3NO3. The quantitative estimate of drug-likeness (QED) is 0.710. The lowest BCUT2D eigenvalue weighted by molar-refractivity contribution is -0.274. The van der Waals surface area contributed by atoms with E-state index in [0.717, 1.165) is 19.5 Å². The molecule has 7 heteroatoms. The molecule has 0 aliphatic rings. The van der Waals surface area contributed by atoms with Crippen molar-refractivity contribution in [2.24, 2.45) is 0 Å². The van der Waals surface area contributed by atoms with E-state index >= 15 is 0 Å². The average molecular weight is 293 g/mol. The third-order valence-electron chi connectivity index (χ3n) is 2.31. The second kappa shape index (κ2) is 8.65. The topological polar surface area (TPSA) is 39.7 Å². The van der Waals surface area contributed by atoms with Crippen LogP contribution in [0.4, 0.5) is 13.2 Å². The summed E-state index contributed by atoms with van der Waals surface area (Å²) in [4.78, 5) is 0. The number of alkyl halides is 3. The van der Waals surface area contributed by atoms with E-state index in [0.29, 0.717) is 19.0 Å². The normalized spacial score (nSPS) is 11.4. The summed E-state index contributed by atoms with van der Waals surface area (Å²) in [6.45, 7) is 2.71. The van der Waals surface area contributed by atoms with Crippen molar-refractivity contribution in [2.45, 2.75) is 12.8 Å². The number of nitrogens with one attached hydrogen (secondary N) is 1. The van der Waals surface area contributed by atoms with Gasteiger partial charge in [0.1, 0.15) is 11.5 Å². The maximum absolute atomic E-state index is 11.9. The standard InChI is InChI=1S/C13H18F3NO3/c1-18-10-8-17-7-2-9-19-11-3-5-12(6-4-11)20-13(14,15)16/h3-6,17H,2,7-10H2,1H3. The third-order valence-corrected chi connectivity index (χ3v) is 2.31. The number of hydrogen-bond acceptors (Lipinski definition) is 4. The van der Waals surface area contributed by atoms with Crippen LogP contribution in [-0.2, 0) is 4.74 Å². The van der Waals surface area contributed by atoms with E-state index in [1.165, 1.54) is 24.3 Å². The highest BCUT2D eigenvalue weighted by molar-refractivity contribution is 5.31. The van der Waals surface area contributed by atoms with Crippen molar-refractivity contribution in [2.75, 3.05) is 33.4 Å². The highest BCUT2D eigenvalue weighted by Crippen LogP contribution is 2.24. The van der Waals surface area contributed by atoms with Gasteiger partial charge >= 0.3 is 6.36 Å². The fourth-order valence-corrected chi connectivity index (χ4v) is 1.42. The summed E-state index contributed by atoms with van der Waals surface area (Å²) in [5, 5.41) is 3.16. The summed E-state index contributed by atoms with van der Waals surface area (Å²) in [7, 11) is 1.64. The smallest absolute Gasteiger partial charge is 0.494 e. The van der Waals surface area contributed by atoms with Crippen molar-refractivity contribution in [1.82, 2.24) is 5.32 Å². The summed E-state index contributed by atoms with van der Waals surface area (Å²) in [5.41, 5.74) is 0. The van der Waals surface area contributed by atoms with E-state index in [1.54, 1.807) is 7.11 Å². The van der Waals surface area contributed by atoms with Crippen molar-refractivity contribution in [1.29, 1.82) is 0 Å². The molecule has 0 aromatic heterocycles. The molecule has 114 valence electrons. The summed E-state index contributed by atoms with van der Waals surface area (Å²) < 4.78 is 49.9. The Morgan fingerprint density at radius 3 is 2.25 bits per heavy atom. The second-order valence-corrected chi connectivity index (χ2v) is 3.96. The largest absolute Gasteiger partial charge is 0.573 e. The highest BCUT2D eigenvalue weighted by Gasteiger charge is 2.30. The van der Waals surface area contributed by atoms with E-state index < -0.39 is 6.36 Å². The summed E-state index contributed by atoms with van der Waals surface area (Å²) in [5.74, 6) is 0.252. The Balaban J connectivity index is 2.18. The molecule has 0 amide bonds. The van der Waals surface area contributed by atoms with Crippen molar-refractivity contribution >= 4 is 0 Å². The fourth-order valence-electron chi connectivity index (χ4n) is 1.42. The molecule has 0 heterocycles. The Labute approximate surface area is 115 Å². The zero-order chi connectivity index (χ0) is 14.8. The molecule has 0 atom stereocenters. The predicted octanol–water partition coefficient (Wildman–Crippen LogP) is 2.59. The Kier molecular flexibility index (Phi) is 7.17. The lowest BCUT2D eigenvalue weighted by atomic mass is 10.3. The maximum atomic E-state index is 11.9. The third kappa shape index (κ3) is 7.85. The number of hydrogen-bond donors (Lipinski definition) is 1. The van der Waals surface area contributed by atoms with Gasteiger partial charge in [0, 0.05) is 13.7 Å². The maximum Gasteiger partial charge on any atom is 0.573 e. The molecule has 0 spiro atoms. The first-order valence-electron chi connectivity index (χ1n) is 6.19. The first-order chi connectivity index (χ1) is 9.51. The lowest BCUT2D eigenvalue weighted by Crippen LogP contribution is -2.21. The molecule has 1 rings (SSSR count). The van der Waals surface area contributed by atoms with Crippen LogP contribution in [0.2, 0.25) is 0 Å². The van der Waals surface area contributed by atoms with Crippen molar-refractivity contribution in [3.8, 4) is 11.5 Å². The van der Waals surface area contributed by atoms with Crippen LogP contribution >= 0.6 is 0 Å². The second-order valence-electron chi connectivity index (χ2n) is 3.96. The summed E-state index contributed by atoms with van der Waals surface area (Å²) in [6, 6.07) is 5.33. The minimum absolute atomic E-state index is 0.258. The van der Waals surface area contributed by atoms with E-state index in [4.69, 9.17) is 9.47 Å². The zero-order valence-corrected chi connectivity index (χ0v) is 11.2. The van der Waals surface area contributed by atoms with Gasteiger partial charge in [-0.3, -0.25) is 0 Å². The number of benzene rings is 1. The number of halogens is 3. The Hall–Kier alpha value is -1.47. The fraction of sp³-hybridized carbons (Fsp3) is 0.538. The molecule has 0 aliphatic carbocycles. The van der Waals surface area contributed by atoms with Gasteiger partial charge in [-0.05, 0) is 37.2 Å².